The van der Waals surface area contributed by atoms with E-state index in [1.807, 2.05) is 62.8 Å². The van der Waals surface area contributed by atoms with Gasteiger partial charge >= 0.3 is 0 Å². The lowest BCUT2D eigenvalue weighted by Gasteiger charge is -2.31. The van der Waals surface area contributed by atoms with Crippen molar-refractivity contribution >= 4 is 51.8 Å². The van der Waals surface area contributed by atoms with Gasteiger partial charge in [0, 0.05) is 61.7 Å². The predicted molar refractivity (Wildman–Crippen MR) is 150 cm³/mol. The molecule has 0 spiro atoms. The Morgan fingerprint density at radius 1 is 1.00 bits per heavy atom. The number of hydrogen-bond acceptors (Lipinski definition) is 7. The lowest BCUT2D eigenvalue weighted by Crippen LogP contribution is -2.47. The lowest BCUT2D eigenvalue weighted by atomic mass is 9.97. The van der Waals surface area contributed by atoms with E-state index in [1.165, 1.54) is 0 Å². The molecule has 0 aliphatic carbocycles. The monoisotopic (exact) mass is 551 g/mol. The van der Waals surface area contributed by atoms with Crippen molar-refractivity contribution in [2.75, 3.05) is 39.1 Å². The number of methoxy groups -OCH3 is 1. The number of nitrogens with zero attached hydrogens (tertiary/aromatic N) is 4. The van der Waals surface area contributed by atoms with Crippen LogP contribution in [0.3, 0.4) is 0 Å². The Bertz CT molecular complexity index is 1470. The maximum atomic E-state index is 11.9. The van der Waals surface area contributed by atoms with Crippen LogP contribution >= 0.6 is 23.5 Å². The first-order chi connectivity index (χ1) is 18.4. The van der Waals surface area contributed by atoms with E-state index in [0.29, 0.717) is 41.2 Å². The number of anilines is 2. The van der Waals surface area contributed by atoms with Crippen LogP contribution in [0, 0.1) is 6.92 Å². The Morgan fingerprint density at radius 3 is 2.53 bits per heavy atom. The quantitative estimate of drug-likeness (QED) is 0.310. The number of piperazine rings is 1. The summed E-state index contributed by atoms with van der Waals surface area (Å²) in [6.07, 6.45) is 3.64. The fraction of sp³-hybridized carbons (Fsp3) is 0.250. The van der Waals surface area contributed by atoms with Crippen molar-refractivity contribution in [3.8, 4) is 22.6 Å². The van der Waals surface area contributed by atoms with Gasteiger partial charge in [-0.05, 0) is 41.6 Å². The van der Waals surface area contributed by atoms with Crippen LogP contribution in [0.2, 0.25) is 5.02 Å². The molecular formula is C28H27Cl2N5O3. The zero-order chi connectivity index (χ0) is 26.8. The fourth-order valence-corrected chi connectivity index (χ4v) is 5.11. The Morgan fingerprint density at radius 2 is 1.82 bits per heavy atom. The highest BCUT2D eigenvalue weighted by Crippen LogP contribution is 2.43. The second-order valence-electron chi connectivity index (χ2n) is 9.30. The van der Waals surface area contributed by atoms with E-state index >= 15 is 0 Å². The summed E-state index contributed by atoms with van der Waals surface area (Å²) >= 11 is 12.2. The number of halogens is 2. The average Bonchev–Trinajstić information content (AvgIpc) is 2.92. The van der Waals surface area contributed by atoms with Crippen LogP contribution in [0.4, 0.5) is 11.6 Å². The van der Waals surface area contributed by atoms with Crippen LogP contribution in [-0.2, 0) is 11.3 Å². The average molecular weight is 552 g/mol. The molecule has 5 rings (SSSR count). The molecule has 3 heterocycles. The normalized spacial score (nSPS) is 14.1. The summed E-state index contributed by atoms with van der Waals surface area (Å²) in [5.41, 5.74) is 3.63. The second kappa shape index (κ2) is 11.0. The third kappa shape index (κ3) is 5.34. The third-order valence-electron chi connectivity index (χ3n) is 6.78. The summed E-state index contributed by atoms with van der Waals surface area (Å²) in [6.45, 7) is 4.67. The molecule has 1 N–H and O–H groups in total. The molecule has 8 nitrogen and oxygen atoms in total. The second-order valence-corrected chi connectivity index (χ2v) is 9.83. The molecule has 0 atom stereocenters. The molecule has 2 aromatic heterocycles. The number of aromatic nitrogens is 2. The third-order valence-corrected chi connectivity index (χ3v) is 7.32. The molecule has 1 aliphatic heterocycles. The zero-order valence-electron chi connectivity index (χ0n) is 21.3. The number of fused-ring (bicyclic) bond motifs is 1. The van der Waals surface area contributed by atoms with E-state index in [2.05, 4.69) is 20.2 Å². The van der Waals surface area contributed by atoms with Crippen LogP contribution in [0.1, 0.15) is 11.1 Å². The van der Waals surface area contributed by atoms with Crippen molar-refractivity contribution in [1.29, 1.82) is 0 Å². The molecule has 1 aliphatic rings. The van der Waals surface area contributed by atoms with Crippen molar-refractivity contribution in [3.05, 3.63) is 71.0 Å². The summed E-state index contributed by atoms with van der Waals surface area (Å²) in [5, 5.41) is 5.64. The Kier molecular flexibility index (Phi) is 7.56. The van der Waals surface area contributed by atoms with E-state index in [1.54, 1.807) is 18.1 Å². The van der Waals surface area contributed by atoms with Gasteiger partial charge in [-0.1, -0.05) is 29.8 Å². The first-order valence-electron chi connectivity index (χ1n) is 12.1. The van der Waals surface area contributed by atoms with E-state index in [-0.39, 0.29) is 5.91 Å². The van der Waals surface area contributed by atoms with Gasteiger partial charge in [-0.3, -0.25) is 9.69 Å². The zero-order valence-corrected chi connectivity index (χ0v) is 22.8. The van der Waals surface area contributed by atoms with Crippen molar-refractivity contribution in [1.82, 2.24) is 19.8 Å². The molecule has 0 saturated carbocycles. The molecular weight excluding hydrogens is 525 g/mol. The first kappa shape index (κ1) is 26.0. The molecule has 1 saturated heterocycles. The largest absolute Gasteiger partial charge is 0.496 e. The van der Waals surface area contributed by atoms with E-state index in [0.717, 1.165) is 46.1 Å². The van der Waals surface area contributed by atoms with Crippen LogP contribution in [0.25, 0.3) is 21.9 Å². The van der Waals surface area contributed by atoms with Gasteiger partial charge in [0.25, 0.3) is 0 Å². The molecule has 0 unspecified atom stereocenters. The number of pyridine rings is 2. The maximum Gasteiger partial charge on any atom is 0.236 e. The Labute approximate surface area is 231 Å². The number of likely N-dealkylation sites (N-methyl/N-ethyl adjacent to an activating group) is 1. The molecule has 1 amide bonds. The first-order valence-corrected chi connectivity index (χ1v) is 12.8. The highest BCUT2D eigenvalue weighted by molar-refractivity contribution is 6.35. The van der Waals surface area contributed by atoms with Crippen LogP contribution in [0.15, 0.2) is 54.9 Å². The van der Waals surface area contributed by atoms with E-state index in [9.17, 15) is 4.79 Å². The van der Waals surface area contributed by atoms with Crippen molar-refractivity contribution < 1.29 is 13.8 Å². The smallest absolute Gasteiger partial charge is 0.236 e. The number of carbonyl (C=O) groups excluding carboxylic acids is 1. The van der Waals surface area contributed by atoms with Crippen LogP contribution in [-0.4, -0.2) is 59.5 Å². The number of ether oxygens (including phenoxy) is 1. The predicted octanol–water partition coefficient (Wildman–Crippen LogP) is 5.82. The molecule has 10 heteroatoms. The molecule has 2 aromatic carbocycles. The van der Waals surface area contributed by atoms with E-state index in [4.69, 9.17) is 32.5 Å². The molecule has 196 valence electrons. The summed E-state index contributed by atoms with van der Waals surface area (Å²) in [6, 6.07) is 13.6. The number of rotatable bonds is 7. The van der Waals surface area contributed by atoms with Crippen LogP contribution < -0.4 is 14.3 Å². The highest BCUT2D eigenvalue weighted by atomic mass is 35.5. The Hall–Kier alpha value is -3.59. The molecule has 4 aromatic rings. The minimum absolute atomic E-state index is 0.146. The summed E-state index contributed by atoms with van der Waals surface area (Å²) < 4.78 is 10.4. The number of benzene rings is 2. The molecule has 38 heavy (non-hydrogen) atoms. The molecule has 0 bridgehead atoms. The van der Waals surface area contributed by atoms with Gasteiger partial charge in [0.2, 0.25) is 5.91 Å². The summed E-state index contributed by atoms with van der Waals surface area (Å²) in [4.78, 5) is 25.0. The lowest BCUT2D eigenvalue weighted by molar-refractivity contribution is -0.134. The maximum absolute atomic E-state index is 11.9. The van der Waals surface area contributed by atoms with Crippen molar-refractivity contribution in [2.24, 2.45) is 0 Å². The SMILES string of the molecule is COc1cc(OCl)c(Cl)c(-c2ccc3cc(Nc4ccc(CN5CCN(C)C(=O)C5)cn4)ncc3c2)c1C. The van der Waals surface area contributed by atoms with Crippen LogP contribution in [0.5, 0.6) is 11.5 Å². The summed E-state index contributed by atoms with van der Waals surface area (Å²) in [7, 11) is 3.43. The number of amides is 1. The summed E-state index contributed by atoms with van der Waals surface area (Å²) in [5.74, 6) is 2.49. The Balaban J connectivity index is 1.33. The van der Waals surface area contributed by atoms with Gasteiger partial charge in [0.15, 0.2) is 5.75 Å². The van der Waals surface area contributed by atoms with E-state index < -0.39 is 0 Å². The molecule has 0 radical (unpaired) electrons. The van der Waals surface area contributed by atoms with Gasteiger partial charge < -0.3 is 19.2 Å². The number of nitrogens with one attached hydrogen (secondary N) is 1. The minimum Gasteiger partial charge on any atom is -0.496 e. The number of carbonyl (C=O) groups is 1. The van der Waals surface area contributed by atoms with Gasteiger partial charge in [0.1, 0.15) is 29.3 Å². The van der Waals surface area contributed by atoms with Gasteiger partial charge in [0.05, 0.1) is 18.7 Å². The molecule has 1 fully saturated rings. The minimum atomic E-state index is 0.146. The van der Waals surface area contributed by atoms with Crippen molar-refractivity contribution in [2.45, 2.75) is 13.5 Å². The standard InChI is InChI=1S/C28H27Cl2N5O3/c1-17-22(37-3)12-23(38-30)28(29)27(17)20-6-5-19-11-25(32-14-21(19)10-20)33-24-7-4-18(13-31-24)15-35-9-8-34(2)26(36)16-35/h4-7,10-14H,8-9,15-16H2,1-3H3,(H,31,32,33). The van der Waals surface area contributed by atoms with Crippen molar-refractivity contribution in [3.63, 3.8) is 0 Å². The highest BCUT2D eigenvalue weighted by Gasteiger charge is 2.21. The fourth-order valence-electron chi connectivity index (χ4n) is 4.60. The van der Waals surface area contributed by atoms with Gasteiger partial charge in [-0.15, -0.1) is 0 Å². The topological polar surface area (TPSA) is 79.8 Å². The van der Waals surface area contributed by atoms with Gasteiger partial charge in [-0.2, -0.15) is 0 Å². The number of hydrogen-bond donors (Lipinski definition) is 1. The van der Waals surface area contributed by atoms with Gasteiger partial charge in [-0.25, -0.2) is 9.97 Å².